The van der Waals surface area contributed by atoms with E-state index >= 15 is 0 Å². The summed E-state index contributed by atoms with van der Waals surface area (Å²) in [6, 6.07) is 11.3. The predicted molar refractivity (Wildman–Crippen MR) is 69.5 cm³/mol. The Bertz CT molecular complexity index is 588. The maximum Gasteiger partial charge on any atom is 0.416 e. The molecule has 2 aromatic rings. The zero-order valence-corrected chi connectivity index (χ0v) is 10.5. The normalized spacial score (nSPS) is 11.6. The fraction of sp³-hybridized carbons (Fsp3) is 0.200. The van der Waals surface area contributed by atoms with Gasteiger partial charge in [0.15, 0.2) is 0 Å². The average molecular weight is 265 g/mol. The van der Waals surface area contributed by atoms with E-state index in [0.29, 0.717) is 12.1 Å². The Labute approximate surface area is 109 Å². The molecule has 0 aliphatic carbocycles. The molecular formula is C15H14F3N. The third kappa shape index (κ3) is 2.79. The van der Waals surface area contributed by atoms with Crippen LogP contribution in [0.2, 0.25) is 0 Å². The van der Waals surface area contributed by atoms with Crippen molar-refractivity contribution in [1.82, 2.24) is 0 Å². The molecule has 2 rings (SSSR count). The second kappa shape index (κ2) is 5.05. The van der Waals surface area contributed by atoms with Crippen molar-refractivity contribution in [1.29, 1.82) is 0 Å². The van der Waals surface area contributed by atoms with Gasteiger partial charge in [0.05, 0.1) is 5.56 Å². The standard InChI is InChI=1S/C15H14F3N/c1-10-8-12(15(16,17)18)6-7-13(10)14-5-3-2-4-11(14)9-19/h2-8H,9,19H2,1H3. The quantitative estimate of drug-likeness (QED) is 0.867. The van der Waals surface area contributed by atoms with E-state index in [0.717, 1.165) is 22.8 Å². The lowest BCUT2D eigenvalue weighted by molar-refractivity contribution is -0.137. The number of alkyl halides is 3. The topological polar surface area (TPSA) is 26.0 Å². The largest absolute Gasteiger partial charge is 0.416 e. The molecule has 19 heavy (non-hydrogen) atoms. The zero-order chi connectivity index (χ0) is 14.0. The minimum absolute atomic E-state index is 0.358. The van der Waals surface area contributed by atoms with Crippen molar-refractivity contribution in [3.63, 3.8) is 0 Å². The molecule has 0 aromatic heterocycles. The van der Waals surface area contributed by atoms with Crippen LogP contribution in [0.5, 0.6) is 0 Å². The van der Waals surface area contributed by atoms with Gasteiger partial charge in [0, 0.05) is 6.54 Å². The van der Waals surface area contributed by atoms with Crippen LogP contribution in [0.1, 0.15) is 16.7 Å². The zero-order valence-electron chi connectivity index (χ0n) is 10.5. The molecule has 100 valence electrons. The van der Waals surface area contributed by atoms with E-state index in [1.807, 2.05) is 24.3 Å². The number of hydrogen-bond donors (Lipinski definition) is 1. The Morgan fingerprint density at radius 2 is 1.68 bits per heavy atom. The average Bonchev–Trinajstić information content (AvgIpc) is 2.37. The third-order valence-electron chi connectivity index (χ3n) is 3.08. The van der Waals surface area contributed by atoms with Crippen LogP contribution in [-0.4, -0.2) is 0 Å². The maximum absolute atomic E-state index is 12.6. The maximum atomic E-state index is 12.6. The summed E-state index contributed by atoms with van der Waals surface area (Å²) in [7, 11) is 0. The Morgan fingerprint density at radius 1 is 1.00 bits per heavy atom. The van der Waals surface area contributed by atoms with E-state index in [-0.39, 0.29) is 0 Å². The van der Waals surface area contributed by atoms with Gasteiger partial charge >= 0.3 is 6.18 Å². The van der Waals surface area contributed by atoms with Crippen LogP contribution >= 0.6 is 0 Å². The molecule has 4 heteroatoms. The molecule has 0 spiro atoms. The van der Waals surface area contributed by atoms with Gasteiger partial charge in [-0.15, -0.1) is 0 Å². The van der Waals surface area contributed by atoms with Crippen molar-refractivity contribution in [3.05, 3.63) is 59.2 Å². The van der Waals surface area contributed by atoms with Gasteiger partial charge in [-0.1, -0.05) is 30.3 Å². The molecule has 2 aromatic carbocycles. The Hall–Kier alpha value is -1.81. The molecule has 0 fully saturated rings. The van der Waals surface area contributed by atoms with Crippen LogP contribution < -0.4 is 5.73 Å². The number of hydrogen-bond acceptors (Lipinski definition) is 1. The molecule has 0 bridgehead atoms. The van der Waals surface area contributed by atoms with Crippen LogP contribution in [0.4, 0.5) is 13.2 Å². The van der Waals surface area contributed by atoms with Crippen LogP contribution in [0, 0.1) is 6.92 Å². The van der Waals surface area contributed by atoms with E-state index in [1.54, 1.807) is 6.92 Å². The van der Waals surface area contributed by atoms with Gasteiger partial charge in [-0.25, -0.2) is 0 Å². The molecule has 0 atom stereocenters. The lowest BCUT2D eigenvalue weighted by Crippen LogP contribution is -2.05. The van der Waals surface area contributed by atoms with E-state index in [9.17, 15) is 13.2 Å². The first kappa shape index (κ1) is 13.6. The van der Waals surface area contributed by atoms with Crippen molar-refractivity contribution in [2.75, 3.05) is 0 Å². The molecule has 0 amide bonds. The SMILES string of the molecule is Cc1cc(C(F)(F)F)ccc1-c1ccccc1CN. The van der Waals surface area contributed by atoms with Crippen molar-refractivity contribution in [2.24, 2.45) is 5.73 Å². The first-order valence-corrected chi connectivity index (χ1v) is 5.89. The summed E-state index contributed by atoms with van der Waals surface area (Å²) in [6.45, 7) is 2.04. The van der Waals surface area contributed by atoms with Gasteiger partial charge in [-0.05, 0) is 41.3 Å². The van der Waals surface area contributed by atoms with Crippen molar-refractivity contribution in [3.8, 4) is 11.1 Å². The fourth-order valence-electron chi connectivity index (χ4n) is 2.10. The molecule has 0 unspecified atom stereocenters. The monoisotopic (exact) mass is 265 g/mol. The summed E-state index contributed by atoms with van der Waals surface area (Å²) < 4.78 is 37.9. The lowest BCUT2D eigenvalue weighted by Gasteiger charge is -2.13. The molecular weight excluding hydrogens is 251 g/mol. The Balaban J connectivity index is 2.53. The van der Waals surface area contributed by atoms with Crippen LogP contribution in [0.3, 0.4) is 0 Å². The predicted octanol–water partition coefficient (Wildman–Crippen LogP) is 4.14. The summed E-state index contributed by atoms with van der Waals surface area (Å²) in [5, 5.41) is 0. The highest BCUT2D eigenvalue weighted by molar-refractivity contribution is 5.71. The molecule has 0 heterocycles. The number of rotatable bonds is 2. The summed E-state index contributed by atoms with van der Waals surface area (Å²) in [6.07, 6.45) is -4.31. The summed E-state index contributed by atoms with van der Waals surface area (Å²) in [5.41, 5.74) is 8.22. The number of nitrogens with two attached hydrogens (primary N) is 1. The van der Waals surface area contributed by atoms with Gasteiger partial charge in [-0.2, -0.15) is 13.2 Å². The smallest absolute Gasteiger partial charge is 0.326 e. The number of halogens is 3. The molecule has 0 radical (unpaired) electrons. The van der Waals surface area contributed by atoms with E-state index in [4.69, 9.17) is 5.73 Å². The van der Waals surface area contributed by atoms with E-state index in [1.165, 1.54) is 12.1 Å². The summed E-state index contributed by atoms with van der Waals surface area (Å²) in [5.74, 6) is 0. The van der Waals surface area contributed by atoms with Crippen molar-refractivity contribution < 1.29 is 13.2 Å². The van der Waals surface area contributed by atoms with E-state index in [2.05, 4.69) is 0 Å². The molecule has 2 N–H and O–H groups in total. The van der Waals surface area contributed by atoms with Gasteiger partial charge in [0.1, 0.15) is 0 Å². The second-order valence-electron chi connectivity index (χ2n) is 4.39. The minimum atomic E-state index is -4.31. The first-order chi connectivity index (χ1) is 8.93. The summed E-state index contributed by atoms with van der Waals surface area (Å²) in [4.78, 5) is 0. The molecule has 0 aliphatic heterocycles. The molecule has 0 saturated carbocycles. The third-order valence-corrected chi connectivity index (χ3v) is 3.08. The highest BCUT2D eigenvalue weighted by Crippen LogP contribution is 2.34. The lowest BCUT2D eigenvalue weighted by atomic mass is 9.94. The highest BCUT2D eigenvalue weighted by Gasteiger charge is 2.30. The van der Waals surface area contributed by atoms with Crippen molar-refractivity contribution >= 4 is 0 Å². The van der Waals surface area contributed by atoms with Crippen LogP contribution in [0.25, 0.3) is 11.1 Å². The molecule has 1 nitrogen and oxygen atoms in total. The molecule has 0 aliphatic rings. The van der Waals surface area contributed by atoms with E-state index < -0.39 is 11.7 Å². The fourth-order valence-corrected chi connectivity index (χ4v) is 2.10. The Morgan fingerprint density at radius 3 is 2.26 bits per heavy atom. The van der Waals surface area contributed by atoms with Gasteiger partial charge in [-0.3, -0.25) is 0 Å². The first-order valence-electron chi connectivity index (χ1n) is 5.89. The van der Waals surface area contributed by atoms with Crippen LogP contribution in [0.15, 0.2) is 42.5 Å². The Kier molecular flexibility index (Phi) is 3.62. The number of benzene rings is 2. The second-order valence-corrected chi connectivity index (χ2v) is 4.39. The number of aryl methyl sites for hydroxylation is 1. The van der Waals surface area contributed by atoms with Crippen molar-refractivity contribution in [2.45, 2.75) is 19.6 Å². The van der Waals surface area contributed by atoms with Crippen LogP contribution in [-0.2, 0) is 12.7 Å². The van der Waals surface area contributed by atoms with Gasteiger partial charge < -0.3 is 5.73 Å². The highest BCUT2D eigenvalue weighted by atomic mass is 19.4. The van der Waals surface area contributed by atoms with Gasteiger partial charge in [0.2, 0.25) is 0 Å². The molecule has 0 saturated heterocycles. The summed E-state index contributed by atoms with van der Waals surface area (Å²) >= 11 is 0. The minimum Gasteiger partial charge on any atom is -0.326 e. The van der Waals surface area contributed by atoms with Gasteiger partial charge in [0.25, 0.3) is 0 Å².